The number of nitrogens with zero attached hydrogens (tertiary/aromatic N) is 3. The number of nitrogens with one attached hydrogen (secondary N) is 1. The molecule has 9 heteroatoms. The van der Waals surface area contributed by atoms with Crippen molar-refractivity contribution in [2.45, 2.75) is 45.1 Å². The summed E-state index contributed by atoms with van der Waals surface area (Å²) in [5.74, 6) is 1.38. The van der Waals surface area contributed by atoms with Gasteiger partial charge in [0.1, 0.15) is 12.0 Å². The minimum atomic E-state index is -1.20. The predicted octanol–water partition coefficient (Wildman–Crippen LogP) is 2.81. The SMILES string of the molecule is CC(C)Oc1ccc(-c2nc(-c3cccc4c3CC[C@@H]4NCC(=O)N(C)C)no2)cc1C(N)O. The molecule has 1 amide bonds. The van der Waals surface area contributed by atoms with Crippen molar-refractivity contribution in [2.24, 2.45) is 5.73 Å². The van der Waals surface area contributed by atoms with Gasteiger partial charge in [0, 0.05) is 36.8 Å². The van der Waals surface area contributed by atoms with Gasteiger partial charge in [0.15, 0.2) is 0 Å². The van der Waals surface area contributed by atoms with Crippen LogP contribution in [0.25, 0.3) is 22.8 Å². The zero-order valence-corrected chi connectivity index (χ0v) is 19.9. The molecule has 0 aliphatic heterocycles. The van der Waals surface area contributed by atoms with E-state index >= 15 is 0 Å². The highest BCUT2D eigenvalue weighted by Gasteiger charge is 2.27. The molecular formula is C25H31N5O4. The van der Waals surface area contributed by atoms with Crippen molar-refractivity contribution >= 4 is 5.91 Å². The smallest absolute Gasteiger partial charge is 0.258 e. The number of hydrogen-bond donors (Lipinski definition) is 3. The normalized spacial score (nSPS) is 15.9. The second-order valence-electron chi connectivity index (χ2n) is 8.92. The number of carbonyl (C=O) groups is 1. The van der Waals surface area contributed by atoms with Crippen LogP contribution in [0.4, 0.5) is 0 Å². The third-order valence-corrected chi connectivity index (χ3v) is 5.87. The summed E-state index contributed by atoms with van der Waals surface area (Å²) in [6.07, 6.45) is 0.496. The monoisotopic (exact) mass is 465 g/mol. The summed E-state index contributed by atoms with van der Waals surface area (Å²) < 4.78 is 11.3. The molecular weight excluding hydrogens is 434 g/mol. The lowest BCUT2D eigenvalue weighted by atomic mass is 10.0. The lowest BCUT2D eigenvalue weighted by molar-refractivity contribution is -0.127. The fourth-order valence-electron chi connectivity index (χ4n) is 4.17. The van der Waals surface area contributed by atoms with Crippen LogP contribution < -0.4 is 15.8 Å². The molecule has 2 atom stereocenters. The molecule has 34 heavy (non-hydrogen) atoms. The summed E-state index contributed by atoms with van der Waals surface area (Å²) in [6, 6.07) is 11.4. The van der Waals surface area contributed by atoms with Crippen molar-refractivity contribution in [3.05, 3.63) is 53.1 Å². The van der Waals surface area contributed by atoms with Gasteiger partial charge in [-0.1, -0.05) is 23.4 Å². The predicted molar refractivity (Wildman–Crippen MR) is 128 cm³/mol. The molecule has 0 bridgehead atoms. The largest absolute Gasteiger partial charge is 0.491 e. The molecule has 1 aromatic heterocycles. The third kappa shape index (κ3) is 4.96. The quantitative estimate of drug-likeness (QED) is 0.434. The number of aromatic nitrogens is 2. The number of likely N-dealkylation sites (N-methyl/N-ethyl adjacent to an activating group) is 1. The second kappa shape index (κ2) is 9.92. The molecule has 1 aliphatic carbocycles. The van der Waals surface area contributed by atoms with Gasteiger partial charge in [0.05, 0.1) is 12.6 Å². The Labute approximate surface area is 198 Å². The number of hydrogen-bond acceptors (Lipinski definition) is 8. The van der Waals surface area contributed by atoms with E-state index in [1.54, 1.807) is 37.2 Å². The number of aliphatic hydroxyl groups is 1. The van der Waals surface area contributed by atoms with Crippen LogP contribution in [0.3, 0.4) is 0 Å². The first-order valence-corrected chi connectivity index (χ1v) is 11.4. The van der Waals surface area contributed by atoms with Crippen LogP contribution in [0.5, 0.6) is 5.75 Å². The summed E-state index contributed by atoms with van der Waals surface area (Å²) in [5, 5.41) is 17.6. The maximum Gasteiger partial charge on any atom is 0.258 e. The van der Waals surface area contributed by atoms with Gasteiger partial charge < -0.3 is 30.3 Å². The number of aliphatic hydroxyl groups excluding tert-OH is 1. The lowest BCUT2D eigenvalue weighted by Crippen LogP contribution is -2.34. The van der Waals surface area contributed by atoms with Crippen molar-refractivity contribution < 1.29 is 19.2 Å². The molecule has 0 saturated carbocycles. The van der Waals surface area contributed by atoms with Crippen LogP contribution in [0.15, 0.2) is 40.9 Å². The molecule has 180 valence electrons. The van der Waals surface area contributed by atoms with Crippen LogP contribution in [0, 0.1) is 0 Å². The topological polar surface area (TPSA) is 127 Å². The first-order valence-electron chi connectivity index (χ1n) is 11.4. The maximum atomic E-state index is 12.0. The van der Waals surface area contributed by atoms with Crippen LogP contribution in [0.1, 0.15) is 49.2 Å². The van der Waals surface area contributed by atoms with E-state index in [0.717, 1.165) is 29.5 Å². The zero-order chi connectivity index (χ0) is 24.4. The number of benzene rings is 2. The van der Waals surface area contributed by atoms with E-state index in [1.807, 2.05) is 26.0 Å². The highest BCUT2D eigenvalue weighted by molar-refractivity contribution is 5.77. The summed E-state index contributed by atoms with van der Waals surface area (Å²) in [4.78, 5) is 18.2. The van der Waals surface area contributed by atoms with Crippen molar-refractivity contribution in [3.63, 3.8) is 0 Å². The number of ether oxygens (including phenoxy) is 1. The third-order valence-electron chi connectivity index (χ3n) is 5.87. The zero-order valence-electron chi connectivity index (χ0n) is 19.9. The highest BCUT2D eigenvalue weighted by atomic mass is 16.5. The highest BCUT2D eigenvalue weighted by Crippen LogP contribution is 2.37. The summed E-state index contributed by atoms with van der Waals surface area (Å²) in [7, 11) is 3.50. The van der Waals surface area contributed by atoms with Crippen LogP contribution >= 0.6 is 0 Å². The molecule has 1 unspecified atom stereocenters. The molecule has 0 saturated heterocycles. The number of rotatable bonds is 8. The van der Waals surface area contributed by atoms with Crippen LogP contribution in [-0.2, 0) is 11.2 Å². The minimum absolute atomic E-state index is 0.0409. The van der Waals surface area contributed by atoms with Crippen molar-refractivity contribution in [1.29, 1.82) is 0 Å². The van der Waals surface area contributed by atoms with E-state index in [9.17, 15) is 9.90 Å². The number of carbonyl (C=O) groups excluding carboxylic acids is 1. The van der Waals surface area contributed by atoms with E-state index in [1.165, 1.54) is 0 Å². The second-order valence-corrected chi connectivity index (χ2v) is 8.92. The Hall–Kier alpha value is -3.27. The molecule has 1 aliphatic rings. The average molecular weight is 466 g/mol. The first kappa shape index (κ1) is 23.9. The summed E-state index contributed by atoms with van der Waals surface area (Å²) >= 11 is 0. The summed E-state index contributed by atoms with van der Waals surface area (Å²) in [6.45, 7) is 4.10. The molecule has 1 heterocycles. The van der Waals surface area contributed by atoms with Gasteiger partial charge in [0.2, 0.25) is 11.7 Å². The maximum absolute atomic E-state index is 12.0. The van der Waals surface area contributed by atoms with Gasteiger partial charge in [-0.3, -0.25) is 4.79 Å². The average Bonchev–Trinajstić information content (AvgIpc) is 3.44. The fourth-order valence-corrected chi connectivity index (χ4v) is 4.17. The van der Waals surface area contributed by atoms with Gasteiger partial charge in [-0.2, -0.15) is 4.98 Å². The lowest BCUT2D eigenvalue weighted by Gasteiger charge is -2.16. The Balaban J connectivity index is 1.59. The fraction of sp³-hybridized carbons (Fsp3) is 0.400. The van der Waals surface area contributed by atoms with Crippen molar-refractivity contribution in [1.82, 2.24) is 20.4 Å². The number of nitrogens with two attached hydrogens (primary N) is 1. The minimum Gasteiger partial charge on any atom is -0.491 e. The Morgan fingerprint density at radius 3 is 2.82 bits per heavy atom. The molecule has 4 N–H and O–H groups in total. The molecule has 0 radical (unpaired) electrons. The number of amides is 1. The molecule has 0 spiro atoms. The van der Waals surface area contributed by atoms with Gasteiger partial charge in [-0.15, -0.1) is 0 Å². The van der Waals surface area contributed by atoms with Gasteiger partial charge in [-0.05, 0) is 56.0 Å². The van der Waals surface area contributed by atoms with E-state index in [-0.39, 0.29) is 18.1 Å². The van der Waals surface area contributed by atoms with E-state index in [4.69, 9.17) is 15.0 Å². The van der Waals surface area contributed by atoms with Gasteiger partial charge in [0.25, 0.3) is 5.89 Å². The number of fused-ring (bicyclic) bond motifs is 1. The Morgan fingerprint density at radius 1 is 1.32 bits per heavy atom. The Kier molecular flexibility index (Phi) is 6.97. The van der Waals surface area contributed by atoms with Crippen LogP contribution in [-0.4, -0.2) is 52.8 Å². The van der Waals surface area contributed by atoms with E-state index in [0.29, 0.717) is 35.1 Å². The van der Waals surface area contributed by atoms with Crippen molar-refractivity contribution in [3.8, 4) is 28.6 Å². The van der Waals surface area contributed by atoms with E-state index < -0.39 is 6.23 Å². The van der Waals surface area contributed by atoms with Gasteiger partial charge >= 0.3 is 0 Å². The molecule has 4 rings (SSSR count). The Morgan fingerprint density at radius 2 is 2.12 bits per heavy atom. The first-order chi connectivity index (χ1) is 16.2. The van der Waals surface area contributed by atoms with Gasteiger partial charge in [-0.25, -0.2) is 0 Å². The van der Waals surface area contributed by atoms with E-state index in [2.05, 4.69) is 21.5 Å². The molecule has 2 aromatic carbocycles. The molecule has 3 aromatic rings. The molecule has 9 nitrogen and oxygen atoms in total. The standard InChI is InChI=1S/C25H31N5O4/c1-14(2)33-21-11-8-15(12-19(21)23(26)32)25-28-24(29-34-25)18-7-5-6-17-16(18)9-10-20(17)27-13-22(31)30(3)4/h5-8,11-12,14,20,23,27,32H,9-10,13,26H2,1-4H3/t20-,23?/m0/s1. The summed E-state index contributed by atoms with van der Waals surface area (Å²) in [5.41, 5.74) is 10.1. The van der Waals surface area contributed by atoms with Crippen LogP contribution in [0.2, 0.25) is 0 Å². The molecule has 0 fully saturated rings. The Bertz CT molecular complexity index is 1170. The van der Waals surface area contributed by atoms with Crippen molar-refractivity contribution in [2.75, 3.05) is 20.6 Å².